The average Bonchev–Trinajstić information content (AvgIpc) is 3.63. The molecule has 202 valence electrons. The molecule has 1 heterocycles. The fourth-order valence-electron chi connectivity index (χ4n) is 4.35. The third-order valence-corrected chi connectivity index (χ3v) is 6.36. The van der Waals surface area contributed by atoms with Crippen molar-refractivity contribution in [3.8, 4) is 11.4 Å². The Morgan fingerprint density at radius 3 is 2.39 bits per heavy atom. The van der Waals surface area contributed by atoms with Crippen molar-refractivity contribution in [3.05, 3.63) is 76.9 Å². The lowest BCUT2D eigenvalue weighted by Crippen LogP contribution is -2.29. The van der Waals surface area contributed by atoms with Gasteiger partial charge in [0.1, 0.15) is 17.3 Å². The third kappa shape index (κ3) is 6.78. The average molecular weight is 531 g/mol. The number of hydrogen-bond donors (Lipinski definition) is 3. The van der Waals surface area contributed by atoms with Crippen LogP contribution in [0.15, 0.2) is 42.5 Å². The molecule has 8 nitrogen and oxygen atoms in total. The summed E-state index contributed by atoms with van der Waals surface area (Å²) in [6.07, 6.45) is -1.33. The summed E-state index contributed by atoms with van der Waals surface area (Å²) in [5, 5.41) is 33.6. The van der Waals surface area contributed by atoms with Gasteiger partial charge in [-0.3, -0.25) is 4.79 Å². The number of rotatable bonds is 12. The van der Waals surface area contributed by atoms with Crippen LogP contribution in [0.1, 0.15) is 59.8 Å². The summed E-state index contributed by atoms with van der Waals surface area (Å²) in [5.41, 5.74) is 1.68. The van der Waals surface area contributed by atoms with Gasteiger partial charge in [0.15, 0.2) is 11.6 Å². The van der Waals surface area contributed by atoms with Crippen LogP contribution in [-0.2, 0) is 17.9 Å². The zero-order valence-corrected chi connectivity index (χ0v) is 20.4. The number of carboxylic acids is 1. The second-order valence-electron chi connectivity index (χ2n) is 9.44. The lowest BCUT2D eigenvalue weighted by atomic mass is 10.1. The van der Waals surface area contributed by atoms with Crippen molar-refractivity contribution in [1.82, 2.24) is 14.9 Å². The molecule has 38 heavy (non-hydrogen) atoms. The molecule has 4 rings (SSSR count). The number of aromatic nitrogens is 2. The van der Waals surface area contributed by atoms with Gasteiger partial charge >= 0.3 is 0 Å². The van der Waals surface area contributed by atoms with Crippen LogP contribution in [0.2, 0.25) is 0 Å². The van der Waals surface area contributed by atoms with E-state index in [1.807, 2.05) is 0 Å². The number of aliphatic carboxylic acids is 1. The molecule has 1 saturated carbocycles. The van der Waals surface area contributed by atoms with Gasteiger partial charge in [0, 0.05) is 37.0 Å². The molecule has 0 saturated heterocycles. The number of nitrogens with zero attached hydrogens (tertiary/aromatic N) is 2. The number of imidazole rings is 1. The highest BCUT2D eigenvalue weighted by atomic mass is 19.2. The maximum atomic E-state index is 13.6. The van der Waals surface area contributed by atoms with Crippen molar-refractivity contribution >= 4 is 11.9 Å². The Kier molecular flexibility index (Phi) is 8.48. The minimum absolute atomic E-state index is 0.0292. The van der Waals surface area contributed by atoms with E-state index in [2.05, 4.69) is 10.3 Å². The van der Waals surface area contributed by atoms with Crippen LogP contribution in [0.4, 0.5) is 13.2 Å². The molecule has 0 spiro atoms. The van der Waals surface area contributed by atoms with Gasteiger partial charge in [-0.15, -0.1) is 0 Å². The van der Waals surface area contributed by atoms with Crippen molar-refractivity contribution in [2.75, 3.05) is 0 Å². The molecule has 0 aliphatic heterocycles. The maximum absolute atomic E-state index is 13.6. The largest absolute Gasteiger partial charge is 0.550 e. The normalized spacial score (nSPS) is 14.8. The highest BCUT2D eigenvalue weighted by Crippen LogP contribution is 2.43. The first-order chi connectivity index (χ1) is 18.1. The Labute approximate surface area is 216 Å². The predicted molar refractivity (Wildman–Crippen MR) is 128 cm³/mol. The monoisotopic (exact) mass is 530 g/mol. The summed E-state index contributed by atoms with van der Waals surface area (Å²) in [5.74, 6) is -4.00. The molecule has 0 radical (unpaired) electrons. The van der Waals surface area contributed by atoms with Gasteiger partial charge in [0.05, 0.1) is 17.9 Å². The molecule has 3 aromatic rings. The summed E-state index contributed by atoms with van der Waals surface area (Å²) in [4.78, 5) is 28.5. The van der Waals surface area contributed by atoms with Gasteiger partial charge in [-0.25, -0.2) is 18.2 Å². The van der Waals surface area contributed by atoms with E-state index in [4.69, 9.17) is 0 Å². The Morgan fingerprint density at radius 2 is 1.76 bits per heavy atom. The molecule has 1 amide bonds. The molecule has 0 unspecified atom stereocenters. The van der Waals surface area contributed by atoms with E-state index in [-0.39, 0.29) is 37.5 Å². The number of carboxylic acid groups (broad SMARTS) is 1. The number of hydrogen-bond acceptors (Lipinski definition) is 6. The fourth-order valence-corrected chi connectivity index (χ4v) is 4.35. The predicted octanol–water partition coefficient (Wildman–Crippen LogP) is 2.42. The quantitative estimate of drug-likeness (QED) is 0.330. The van der Waals surface area contributed by atoms with E-state index >= 15 is 0 Å². The maximum Gasteiger partial charge on any atom is 0.272 e. The van der Waals surface area contributed by atoms with Crippen molar-refractivity contribution in [2.45, 2.75) is 63.3 Å². The first kappa shape index (κ1) is 27.3. The smallest absolute Gasteiger partial charge is 0.272 e. The van der Waals surface area contributed by atoms with Crippen molar-refractivity contribution in [3.63, 3.8) is 0 Å². The zero-order chi connectivity index (χ0) is 27.4. The lowest BCUT2D eigenvalue weighted by molar-refractivity contribution is -0.307. The van der Waals surface area contributed by atoms with E-state index in [1.165, 1.54) is 30.3 Å². The number of aliphatic hydroxyl groups is 2. The number of nitrogens with one attached hydrogen (secondary N) is 1. The fraction of sp³-hybridized carbons (Fsp3) is 0.370. The Balaban J connectivity index is 1.60. The number of carbonyl (C=O) groups is 2. The Bertz CT molecular complexity index is 1310. The van der Waals surface area contributed by atoms with E-state index in [0.29, 0.717) is 22.6 Å². The number of aliphatic hydroxyl groups excluding tert-OH is 2. The van der Waals surface area contributed by atoms with Crippen LogP contribution in [0.3, 0.4) is 0 Å². The molecule has 1 fully saturated rings. The molecule has 2 atom stereocenters. The van der Waals surface area contributed by atoms with Gasteiger partial charge in [-0.1, -0.05) is 6.07 Å². The molecule has 11 heteroatoms. The number of benzene rings is 2. The second-order valence-corrected chi connectivity index (χ2v) is 9.44. The molecule has 1 aliphatic carbocycles. The highest BCUT2D eigenvalue weighted by Gasteiger charge is 2.35. The highest BCUT2D eigenvalue weighted by molar-refractivity contribution is 5.94. The molecule has 1 aliphatic rings. The molecule has 2 aromatic carbocycles. The lowest BCUT2D eigenvalue weighted by Gasteiger charge is -2.18. The van der Waals surface area contributed by atoms with E-state index in [1.54, 1.807) is 4.57 Å². The summed E-state index contributed by atoms with van der Waals surface area (Å²) in [6, 6.07) is 8.90. The molecule has 0 bridgehead atoms. The van der Waals surface area contributed by atoms with Gasteiger partial charge < -0.3 is 30.0 Å². The summed E-state index contributed by atoms with van der Waals surface area (Å²) in [7, 11) is 0. The molecule has 1 aromatic heterocycles. The van der Waals surface area contributed by atoms with E-state index < -0.39 is 48.0 Å². The van der Waals surface area contributed by atoms with Crippen LogP contribution in [-0.4, -0.2) is 43.8 Å². The third-order valence-electron chi connectivity index (χ3n) is 6.36. The van der Waals surface area contributed by atoms with Crippen LogP contribution in [0, 0.1) is 17.5 Å². The van der Waals surface area contributed by atoms with Crippen molar-refractivity contribution in [2.24, 2.45) is 0 Å². The van der Waals surface area contributed by atoms with Gasteiger partial charge in [-0.05, 0) is 67.6 Å². The van der Waals surface area contributed by atoms with Crippen molar-refractivity contribution < 1.29 is 38.1 Å². The topological polar surface area (TPSA) is 128 Å². The Hall–Kier alpha value is -3.70. The first-order valence-electron chi connectivity index (χ1n) is 12.3. The van der Waals surface area contributed by atoms with Crippen LogP contribution in [0.5, 0.6) is 0 Å². The SMILES string of the molecule is O=C([O-])C[C@H](O)C[C@H](O)CCn1c(-c2ccc(F)cc2)nc(C(=O)NCc2ccc(F)c(F)c2)c1C1CC1. The number of carbonyl (C=O) groups excluding carboxylic acids is 2. The Morgan fingerprint density at radius 1 is 1.05 bits per heavy atom. The van der Waals surface area contributed by atoms with Crippen LogP contribution in [0.25, 0.3) is 11.4 Å². The summed E-state index contributed by atoms with van der Waals surface area (Å²) >= 11 is 0. The number of amides is 1. The van der Waals surface area contributed by atoms with Crippen molar-refractivity contribution in [1.29, 1.82) is 0 Å². The first-order valence-corrected chi connectivity index (χ1v) is 12.3. The summed E-state index contributed by atoms with van der Waals surface area (Å²) in [6.45, 7) is 0.134. The minimum Gasteiger partial charge on any atom is -0.550 e. The summed E-state index contributed by atoms with van der Waals surface area (Å²) < 4.78 is 42.2. The zero-order valence-electron chi connectivity index (χ0n) is 20.4. The molecular formula is C27H27F3N3O5-. The van der Waals surface area contributed by atoms with E-state index in [9.17, 15) is 38.1 Å². The van der Waals surface area contributed by atoms with Crippen LogP contribution < -0.4 is 10.4 Å². The van der Waals surface area contributed by atoms with Crippen LogP contribution >= 0.6 is 0 Å². The molecule has 3 N–H and O–H groups in total. The standard InChI is InChI=1S/C27H28F3N3O5/c28-18-6-4-17(5-7-18)26-32-24(27(38)31-14-15-1-8-21(29)22(30)11-15)25(16-2-3-16)33(26)10-9-19(34)12-20(35)13-23(36)37/h1,4-8,11,16,19-20,34-35H,2-3,9-10,12-14H2,(H,31,38)(H,36,37)/p-1/t19-,20-/m1/s1. The van der Waals surface area contributed by atoms with Gasteiger partial charge in [-0.2, -0.15) is 0 Å². The molecular weight excluding hydrogens is 503 g/mol. The minimum atomic E-state index is -1.42. The number of halogens is 3. The van der Waals surface area contributed by atoms with E-state index in [0.717, 1.165) is 25.0 Å². The van der Waals surface area contributed by atoms with Gasteiger partial charge in [0.25, 0.3) is 5.91 Å². The second kappa shape index (κ2) is 11.8. The van der Waals surface area contributed by atoms with Gasteiger partial charge in [0.2, 0.25) is 0 Å².